The van der Waals surface area contributed by atoms with Crippen LogP contribution in [0.15, 0.2) is 35.6 Å². The zero-order valence-corrected chi connectivity index (χ0v) is 16.0. The molecule has 1 N–H and O–H groups in total. The van der Waals surface area contributed by atoms with Gasteiger partial charge in [0.15, 0.2) is 11.7 Å². The van der Waals surface area contributed by atoms with E-state index < -0.39 is 13.0 Å². The van der Waals surface area contributed by atoms with Gasteiger partial charge in [-0.05, 0) is 6.42 Å². The first-order valence-electron chi connectivity index (χ1n) is 9.34. The van der Waals surface area contributed by atoms with Gasteiger partial charge in [0.1, 0.15) is 19.1 Å². The summed E-state index contributed by atoms with van der Waals surface area (Å²) in [6, 6.07) is 0. The first kappa shape index (κ1) is 18.6. The Kier molecular flexibility index (Phi) is 4.66. The highest BCUT2D eigenvalue weighted by Crippen LogP contribution is 2.26. The van der Waals surface area contributed by atoms with Crippen LogP contribution in [0, 0.1) is 0 Å². The van der Waals surface area contributed by atoms with E-state index >= 15 is 0 Å². The van der Waals surface area contributed by atoms with Crippen LogP contribution in [0.25, 0.3) is 0 Å². The SMILES string of the molecule is CN1C=C[N+]2(C)NC(CCc3nc(N4CCCC4=O)cn3CC(F)F)=NC2=C1. The van der Waals surface area contributed by atoms with Crippen LogP contribution in [0.3, 0.4) is 0 Å². The first-order chi connectivity index (χ1) is 13.3. The molecule has 0 bridgehead atoms. The highest BCUT2D eigenvalue weighted by Gasteiger charge is 2.36. The predicted molar refractivity (Wildman–Crippen MR) is 99.9 cm³/mol. The molecular formula is C18H24F2N7O+. The van der Waals surface area contributed by atoms with Gasteiger partial charge >= 0.3 is 0 Å². The minimum Gasteiger partial charge on any atom is -0.346 e. The van der Waals surface area contributed by atoms with Crippen LogP contribution in [0.4, 0.5) is 14.6 Å². The highest BCUT2D eigenvalue weighted by molar-refractivity contribution is 5.94. The number of quaternary nitrogens is 1. The Morgan fingerprint density at radius 3 is 2.89 bits per heavy atom. The van der Waals surface area contributed by atoms with E-state index in [9.17, 15) is 13.6 Å². The number of alkyl halides is 2. The molecule has 1 saturated heterocycles. The van der Waals surface area contributed by atoms with Gasteiger partial charge in [-0.3, -0.25) is 9.69 Å². The number of halogens is 2. The summed E-state index contributed by atoms with van der Waals surface area (Å²) in [5.41, 5.74) is 3.35. The molecule has 150 valence electrons. The van der Waals surface area contributed by atoms with E-state index in [0.717, 1.165) is 18.1 Å². The van der Waals surface area contributed by atoms with E-state index in [4.69, 9.17) is 0 Å². The minimum atomic E-state index is -2.48. The molecule has 1 unspecified atom stereocenters. The number of aromatic nitrogens is 2. The number of carbonyl (C=O) groups excluding carboxylic acids is 1. The number of nitrogens with one attached hydrogen (secondary N) is 1. The molecule has 1 fully saturated rings. The second kappa shape index (κ2) is 7.01. The normalized spacial score (nSPS) is 24.0. The van der Waals surface area contributed by atoms with E-state index in [1.807, 2.05) is 37.6 Å². The Morgan fingerprint density at radius 1 is 1.36 bits per heavy atom. The van der Waals surface area contributed by atoms with Crippen LogP contribution in [0.1, 0.15) is 25.1 Å². The fourth-order valence-electron chi connectivity index (χ4n) is 3.63. The molecule has 0 spiro atoms. The number of fused-ring (bicyclic) bond motifs is 1. The van der Waals surface area contributed by atoms with E-state index in [1.165, 1.54) is 4.57 Å². The number of amides is 1. The van der Waals surface area contributed by atoms with Gasteiger partial charge in [0, 0.05) is 39.1 Å². The molecular weight excluding hydrogens is 368 g/mol. The Bertz CT molecular complexity index is 875. The summed E-state index contributed by atoms with van der Waals surface area (Å²) in [6.45, 7) is 0.152. The van der Waals surface area contributed by atoms with Crippen molar-refractivity contribution in [3.05, 3.63) is 36.4 Å². The predicted octanol–water partition coefficient (Wildman–Crippen LogP) is 1.79. The third kappa shape index (κ3) is 3.51. The molecule has 8 nitrogen and oxygen atoms in total. The van der Waals surface area contributed by atoms with Crippen molar-refractivity contribution in [2.24, 2.45) is 4.99 Å². The quantitative estimate of drug-likeness (QED) is 0.750. The van der Waals surface area contributed by atoms with Crippen molar-refractivity contribution in [2.45, 2.75) is 38.7 Å². The average molecular weight is 392 g/mol. The lowest BCUT2D eigenvalue weighted by Crippen LogP contribution is -2.48. The second-order valence-electron chi connectivity index (χ2n) is 7.40. The number of hydrogen-bond acceptors (Lipinski definition) is 5. The molecule has 3 aliphatic rings. The highest BCUT2D eigenvalue weighted by atomic mass is 19.3. The smallest absolute Gasteiger partial charge is 0.275 e. The molecule has 1 aromatic heterocycles. The number of nitrogens with zero attached hydrogens (tertiary/aromatic N) is 6. The minimum absolute atomic E-state index is 0.00720. The number of rotatable bonds is 6. The van der Waals surface area contributed by atoms with Crippen LogP contribution in [-0.2, 0) is 17.8 Å². The summed E-state index contributed by atoms with van der Waals surface area (Å²) >= 11 is 0. The maximum absolute atomic E-state index is 13.0. The van der Waals surface area contributed by atoms with E-state index in [2.05, 4.69) is 15.4 Å². The van der Waals surface area contributed by atoms with Crippen molar-refractivity contribution in [3.8, 4) is 0 Å². The lowest BCUT2D eigenvalue weighted by Gasteiger charge is -2.27. The fraction of sp³-hybridized carbons (Fsp3) is 0.500. The monoisotopic (exact) mass is 392 g/mol. The number of carbonyl (C=O) groups is 1. The topological polar surface area (TPSA) is 65.8 Å². The largest absolute Gasteiger partial charge is 0.346 e. The molecule has 4 heterocycles. The van der Waals surface area contributed by atoms with Crippen molar-refractivity contribution in [1.82, 2.24) is 19.9 Å². The number of imidazole rings is 1. The van der Waals surface area contributed by atoms with Gasteiger partial charge in [0.25, 0.3) is 12.2 Å². The molecule has 10 heteroatoms. The number of hydrogen-bond donors (Lipinski definition) is 1. The summed E-state index contributed by atoms with van der Waals surface area (Å²) in [6.07, 6.45) is 7.19. The van der Waals surface area contributed by atoms with Crippen LogP contribution < -0.4 is 10.3 Å². The Labute approximate surface area is 162 Å². The van der Waals surface area contributed by atoms with E-state index in [-0.39, 0.29) is 5.91 Å². The Balaban J connectivity index is 1.50. The van der Waals surface area contributed by atoms with E-state index in [1.54, 1.807) is 11.1 Å². The molecule has 28 heavy (non-hydrogen) atoms. The standard InChI is InChI=1S/C18H24F2N7O/c1-24-8-9-27(2)17(12-24)21-14(23-27)5-6-15-22-16(11-25(15)10-13(19)20)26-7-3-4-18(26)28/h8-9,11-13H,3-7,10H2,1-2H3,(H,21,23)/q+1. The van der Waals surface area contributed by atoms with Gasteiger partial charge in [-0.1, -0.05) is 0 Å². The van der Waals surface area contributed by atoms with Crippen molar-refractivity contribution in [1.29, 1.82) is 0 Å². The van der Waals surface area contributed by atoms with Crippen LogP contribution in [-0.4, -0.2) is 57.9 Å². The van der Waals surface area contributed by atoms with Crippen LogP contribution >= 0.6 is 0 Å². The van der Waals surface area contributed by atoms with Gasteiger partial charge in [0.05, 0.1) is 18.9 Å². The molecule has 1 aromatic rings. The summed E-state index contributed by atoms with van der Waals surface area (Å²) in [5, 5.41) is 0. The summed E-state index contributed by atoms with van der Waals surface area (Å²) in [5.74, 6) is 2.63. The van der Waals surface area contributed by atoms with Gasteiger partial charge in [0.2, 0.25) is 5.91 Å². The number of aryl methyl sites for hydroxylation is 1. The first-order valence-corrected chi connectivity index (χ1v) is 9.34. The molecule has 0 aromatic carbocycles. The van der Waals surface area contributed by atoms with Gasteiger partial charge in [-0.2, -0.15) is 4.99 Å². The third-order valence-electron chi connectivity index (χ3n) is 5.12. The molecule has 0 radical (unpaired) electrons. The fourth-order valence-corrected chi connectivity index (χ4v) is 3.63. The maximum Gasteiger partial charge on any atom is 0.275 e. The molecule has 1 atom stereocenters. The summed E-state index contributed by atoms with van der Waals surface area (Å²) < 4.78 is 27.8. The van der Waals surface area contributed by atoms with Crippen molar-refractivity contribution >= 4 is 17.6 Å². The Morgan fingerprint density at radius 2 is 2.18 bits per heavy atom. The molecule has 4 rings (SSSR count). The Hall–Kier alpha value is -2.75. The number of aliphatic imine (C=N–C) groups is 1. The summed E-state index contributed by atoms with van der Waals surface area (Å²) in [4.78, 5) is 24.6. The zero-order chi connectivity index (χ0) is 19.9. The van der Waals surface area contributed by atoms with Crippen molar-refractivity contribution in [2.75, 3.05) is 25.5 Å². The van der Waals surface area contributed by atoms with Crippen LogP contribution in [0.5, 0.6) is 0 Å². The van der Waals surface area contributed by atoms with Crippen LogP contribution in [0.2, 0.25) is 0 Å². The number of amidine groups is 1. The summed E-state index contributed by atoms with van der Waals surface area (Å²) in [7, 11) is 3.92. The molecule has 0 saturated carbocycles. The zero-order valence-electron chi connectivity index (χ0n) is 16.0. The van der Waals surface area contributed by atoms with Crippen molar-refractivity contribution in [3.63, 3.8) is 0 Å². The number of anilines is 1. The average Bonchev–Trinajstić information content (AvgIpc) is 3.30. The van der Waals surface area contributed by atoms with Gasteiger partial charge in [-0.15, -0.1) is 4.59 Å². The third-order valence-corrected chi connectivity index (χ3v) is 5.12. The maximum atomic E-state index is 13.0. The van der Waals surface area contributed by atoms with Gasteiger partial charge in [-0.25, -0.2) is 19.2 Å². The van der Waals surface area contributed by atoms with E-state index in [0.29, 0.717) is 42.0 Å². The second-order valence-corrected chi connectivity index (χ2v) is 7.40. The van der Waals surface area contributed by atoms with Crippen molar-refractivity contribution < 1.29 is 18.2 Å². The lowest BCUT2D eigenvalue weighted by molar-refractivity contribution is -0.853. The molecule has 3 aliphatic heterocycles. The molecule has 0 aliphatic carbocycles. The van der Waals surface area contributed by atoms with Gasteiger partial charge < -0.3 is 9.47 Å². The lowest BCUT2D eigenvalue weighted by atomic mass is 10.3. The molecule has 1 amide bonds.